The Hall–Kier alpha value is -2.82. The van der Waals surface area contributed by atoms with Gasteiger partial charge in [-0.25, -0.2) is 0 Å². The van der Waals surface area contributed by atoms with Crippen LogP contribution in [0, 0.1) is 0 Å². The lowest BCUT2D eigenvalue weighted by Gasteiger charge is -2.25. The Labute approximate surface area is 141 Å². The lowest BCUT2D eigenvalue weighted by molar-refractivity contribution is -0.128. The van der Waals surface area contributed by atoms with Gasteiger partial charge in [-0.3, -0.25) is 9.59 Å². The summed E-state index contributed by atoms with van der Waals surface area (Å²) in [6, 6.07) is 14.9. The number of nitrogens with one attached hydrogen (secondary N) is 2. The van der Waals surface area contributed by atoms with Crippen LogP contribution in [0.25, 0.3) is 0 Å². The summed E-state index contributed by atoms with van der Waals surface area (Å²) in [7, 11) is 0. The molecule has 1 atom stereocenters. The highest BCUT2D eigenvalue weighted by atomic mass is 16.5. The van der Waals surface area contributed by atoms with Gasteiger partial charge < -0.3 is 15.4 Å². The van der Waals surface area contributed by atoms with Crippen LogP contribution < -0.4 is 15.4 Å². The zero-order valence-electron chi connectivity index (χ0n) is 13.7. The van der Waals surface area contributed by atoms with Crippen molar-refractivity contribution in [3.8, 4) is 5.75 Å². The second-order valence-corrected chi connectivity index (χ2v) is 6.12. The highest BCUT2D eigenvalue weighted by Crippen LogP contribution is 2.29. The molecule has 1 aliphatic rings. The van der Waals surface area contributed by atoms with E-state index in [1.165, 1.54) is 0 Å². The first-order chi connectivity index (χ1) is 11.5. The number of carbonyl (C=O) groups is 2. The first kappa shape index (κ1) is 16.1. The number of anilines is 2. The number of para-hydroxylation sites is 2. The maximum Gasteiger partial charge on any atom is 0.266 e. The number of rotatable bonds is 4. The zero-order chi connectivity index (χ0) is 17.1. The van der Waals surface area contributed by atoms with Crippen molar-refractivity contribution in [1.29, 1.82) is 0 Å². The molecule has 0 aromatic heterocycles. The number of fused-ring (bicyclic) bond motifs is 1. The van der Waals surface area contributed by atoms with Crippen molar-refractivity contribution in [3.05, 3.63) is 54.1 Å². The largest absolute Gasteiger partial charge is 0.478 e. The van der Waals surface area contributed by atoms with Gasteiger partial charge in [-0.2, -0.15) is 0 Å². The summed E-state index contributed by atoms with van der Waals surface area (Å²) >= 11 is 0. The molecular weight excluding hydrogens is 304 g/mol. The summed E-state index contributed by atoms with van der Waals surface area (Å²) in [5, 5.41) is 5.59. The molecule has 0 unspecified atom stereocenters. The highest BCUT2D eigenvalue weighted by molar-refractivity contribution is 6.01. The Morgan fingerprint density at radius 2 is 2.00 bits per heavy atom. The monoisotopic (exact) mass is 324 g/mol. The van der Waals surface area contributed by atoms with Crippen LogP contribution in [0.1, 0.15) is 31.7 Å². The summed E-state index contributed by atoms with van der Waals surface area (Å²) < 4.78 is 5.64. The van der Waals surface area contributed by atoms with Gasteiger partial charge in [0.2, 0.25) is 5.91 Å². The predicted molar refractivity (Wildman–Crippen MR) is 93.3 cm³/mol. The molecule has 0 radical (unpaired) electrons. The summed E-state index contributed by atoms with van der Waals surface area (Å²) in [4.78, 5) is 24.3. The molecule has 2 amide bonds. The molecule has 2 N–H and O–H groups in total. The first-order valence-electron chi connectivity index (χ1n) is 7.99. The van der Waals surface area contributed by atoms with Crippen molar-refractivity contribution >= 4 is 23.2 Å². The molecule has 124 valence electrons. The molecule has 0 spiro atoms. The normalized spacial score (nSPS) is 16.1. The van der Waals surface area contributed by atoms with Crippen LogP contribution in [-0.2, 0) is 9.59 Å². The summed E-state index contributed by atoms with van der Waals surface area (Å²) in [6.07, 6.45) is -0.861. The quantitative estimate of drug-likeness (QED) is 0.904. The standard InChI is InChI=1S/C19H20N2O3/c1-12(2)13-6-5-7-14(10-13)20-18(22)11-17-19(23)21-15-8-3-4-9-16(15)24-17/h3-10,12,17H,11H2,1-2H3,(H,20,22)(H,21,23)/t17-/m0/s1. The Balaban J connectivity index is 1.65. The van der Waals surface area contributed by atoms with Crippen molar-refractivity contribution in [1.82, 2.24) is 0 Å². The van der Waals surface area contributed by atoms with E-state index in [2.05, 4.69) is 24.5 Å². The average Bonchev–Trinajstić information content (AvgIpc) is 2.55. The average molecular weight is 324 g/mol. The van der Waals surface area contributed by atoms with Crippen molar-refractivity contribution in [2.45, 2.75) is 32.3 Å². The van der Waals surface area contributed by atoms with E-state index in [1.54, 1.807) is 12.1 Å². The third-order valence-corrected chi connectivity index (χ3v) is 3.91. The van der Waals surface area contributed by atoms with Gasteiger partial charge in [0.15, 0.2) is 6.10 Å². The van der Waals surface area contributed by atoms with E-state index in [0.717, 1.165) is 11.3 Å². The molecule has 0 saturated heterocycles. The lowest BCUT2D eigenvalue weighted by atomic mass is 10.0. The molecule has 5 nitrogen and oxygen atoms in total. The zero-order valence-corrected chi connectivity index (χ0v) is 13.7. The van der Waals surface area contributed by atoms with Crippen LogP contribution in [0.4, 0.5) is 11.4 Å². The van der Waals surface area contributed by atoms with Gasteiger partial charge in [-0.15, -0.1) is 0 Å². The molecule has 1 heterocycles. The van der Waals surface area contributed by atoms with Crippen molar-refractivity contribution in [3.63, 3.8) is 0 Å². The minimum atomic E-state index is -0.826. The second-order valence-electron chi connectivity index (χ2n) is 6.12. The molecule has 1 aliphatic heterocycles. The predicted octanol–water partition coefficient (Wildman–Crippen LogP) is 3.54. The minimum Gasteiger partial charge on any atom is -0.478 e. The van der Waals surface area contributed by atoms with Crippen LogP contribution in [0.3, 0.4) is 0 Å². The van der Waals surface area contributed by atoms with Gasteiger partial charge >= 0.3 is 0 Å². The van der Waals surface area contributed by atoms with Gasteiger partial charge in [-0.05, 0) is 35.7 Å². The van der Waals surface area contributed by atoms with E-state index in [4.69, 9.17) is 4.74 Å². The van der Waals surface area contributed by atoms with Crippen LogP contribution in [-0.4, -0.2) is 17.9 Å². The number of benzene rings is 2. The third kappa shape index (κ3) is 3.56. The maximum absolute atomic E-state index is 12.2. The molecule has 3 rings (SSSR count). The molecule has 2 aromatic rings. The number of hydrogen-bond acceptors (Lipinski definition) is 3. The van der Waals surface area contributed by atoms with E-state index in [-0.39, 0.29) is 18.2 Å². The number of carbonyl (C=O) groups excluding carboxylic acids is 2. The van der Waals surface area contributed by atoms with Gasteiger partial charge in [-0.1, -0.05) is 38.1 Å². The molecular formula is C19H20N2O3. The Bertz CT molecular complexity index is 771. The van der Waals surface area contributed by atoms with Crippen LogP contribution >= 0.6 is 0 Å². The van der Waals surface area contributed by atoms with Crippen LogP contribution in [0.2, 0.25) is 0 Å². The fourth-order valence-electron chi connectivity index (χ4n) is 2.58. The van der Waals surface area contributed by atoms with Crippen molar-refractivity contribution in [2.75, 3.05) is 10.6 Å². The molecule has 2 aromatic carbocycles. The molecule has 24 heavy (non-hydrogen) atoms. The summed E-state index contributed by atoms with van der Waals surface area (Å²) in [6.45, 7) is 4.19. The topological polar surface area (TPSA) is 67.4 Å². The summed E-state index contributed by atoms with van der Waals surface area (Å²) in [5.41, 5.74) is 2.50. The summed E-state index contributed by atoms with van der Waals surface area (Å²) in [5.74, 6) is 0.401. The fraction of sp³-hybridized carbons (Fsp3) is 0.263. The number of hydrogen-bond donors (Lipinski definition) is 2. The van der Waals surface area contributed by atoms with Crippen molar-refractivity contribution in [2.24, 2.45) is 0 Å². The molecule has 5 heteroatoms. The smallest absolute Gasteiger partial charge is 0.266 e. The minimum absolute atomic E-state index is 0.0356. The number of amides is 2. The third-order valence-electron chi connectivity index (χ3n) is 3.91. The van der Waals surface area contributed by atoms with E-state index in [0.29, 0.717) is 17.4 Å². The van der Waals surface area contributed by atoms with Gasteiger partial charge in [0.25, 0.3) is 5.91 Å². The highest BCUT2D eigenvalue weighted by Gasteiger charge is 2.29. The lowest BCUT2D eigenvalue weighted by Crippen LogP contribution is -2.39. The van der Waals surface area contributed by atoms with Crippen molar-refractivity contribution < 1.29 is 14.3 Å². The van der Waals surface area contributed by atoms with E-state index in [1.807, 2.05) is 36.4 Å². The van der Waals surface area contributed by atoms with Gasteiger partial charge in [0, 0.05) is 5.69 Å². The Morgan fingerprint density at radius 3 is 2.79 bits per heavy atom. The van der Waals surface area contributed by atoms with Gasteiger partial charge in [0.1, 0.15) is 5.75 Å². The van der Waals surface area contributed by atoms with E-state index in [9.17, 15) is 9.59 Å². The van der Waals surface area contributed by atoms with Crippen LogP contribution in [0.5, 0.6) is 5.75 Å². The maximum atomic E-state index is 12.2. The fourth-order valence-corrected chi connectivity index (χ4v) is 2.58. The Morgan fingerprint density at radius 1 is 1.21 bits per heavy atom. The van der Waals surface area contributed by atoms with E-state index < -0.39 is 6.10 Å². The second kappa shape index (κ2) is 6.74. The molecule has 0 bridgehead atoms. The number of ether oxygens (including phenoxy) is 1. The van der Waals surface area contributed by atoms with E-state index >= 15 is 0 Å². The molecule has 0 saturated carbocycles. The molecule has 0 fully saturated rings. The molecule has 0 aliphatic carbocycles. The van der Waals surface area contributed by atoms with Crippen LogP contribution in [0.15, 0.2) is 48.5 Å². The van der Waals surface area contributed by atoms with Gasteiger partial charge in [0.05, 0.1) is 12.1 Å². The Kier molecular flexibility index (Phi) is 4.51. The SMILES string of the molecule is CC(C)c1cccc(NC(=O)C[C@@H]2Oc3ccccc3NC2=O)c1. The first-order valence-corrected chi connectivity index (χ1v) is 7.99.